The first kappa shape index (κ1) is 9.45. The minimum Gasteiger partial charge on any atom is -0.320 e. The second kappa shape index (κ2) is 3.57. The summed E-state index contributed by atoms with van der Waals surface area (Å²) in [6.07, 6.45) is 0. The fraction of sp³-hybridized carbons (Fsp3) is 0.0909. The molecule has 0 saturated heterocycles. The van der Waals surface area contributed by atoms with Crippen molar-refractivity contribution in [3.63, 3.8) is 0 Å². The topological polar surface area (TPSA) is 65.7 Å². The number of hydrogen-bond donors (Lipinski definition) is 2. The molecule has 0 radical (unpaired) electrons. The molecule has 0 bridgehead atoms. The Morgan fingerprint density at radius 1 is 0.933 bits per heavy atom. The third kappa shape index (κ3) is 1.74. The van der Waals surface area contributed by atoms with E-state index in [4.69, 9.17) is 0 Å². The Morgan fingerprint density at radius 2 is 1.53 bits per heavy atom. The van der Waals surface area contributed by atoms with Crippen LogP contribution in [-0.2, 0) is 0 Å². The molecule has 4 nitrogen and oxygen atoms in total. The molecule has 0 amide bonds. The van der Waals surface area contributed by atoms with E-state index in [1.807, 2.05) is 30.3 Å². The Kier molecular flexibility index (Phi) is 2.25. The summed E-state index contributed by atoms with van der Waals surface area (Å²) < 4.78 is 0. The average Bonchev–Trinajstić information content (AvgIpc) is 2.25. The average molecular weight is 202 g/mol. The lowest BCUT2D eigenvalue weighted by atomic mass is 10.1. The number of aromatic nitrogens is 2. The Bertz CT molecular complexity index is 582. The summed E-state index contributed by atoms with van der Waals surface area (Å²) in [6, 6.07) is 9.38. The van der Waals surface area contributed by atoms with E-state index in [0.29, 0.717) is 11.4 Å². The molecule has 1 aromatic heterocycles. The first-order valence-corrected chi connectivity index (χ1v) is 4.57. The number of rotatable bonds is 1. The molecule has 0 aliphatic rings. The zero-order valence-electron chi connectivity index (χ0n) is 8.20. The summed E-state index contributed by atoms with van der Waals surface area (Å²) in [4.78, 5) is 27.3. The Hall–Kier alpha value is -2.10. The van der Waals surface area contributed by atoms with Gasteiger partial charge in [0.25, 0.3) is 0 Å². The van der Waals surface area contributed by atoms with Gasteiger partial charge in [0.05, 0.1) is 5.69 Å². The number of aryl methyl sites for hydroxylation is 1. The Labute approximate surface area is 85.6 Å². The van der Waals surface area contributed by atoms with Crippen molar-refractivity contribution < 1.29 is 0 Å². The highest BCUT2D eigenvalue weighted by atomic mass is 16.2. The minimum atomic E-state index is -0.626. The highest BCUT2D eigenvalue weighted by Crippen LogP contribution is 2.16. The van der Waals surface area contributed by atoms with Gasteiger partial charge in [-0.25, -0.2) is 0 Å². The molecule has 4 heteroatoms. The summed E-state index contributed by atoms with van der Waals surface area (Å²) >= 11 is 0. The van der Waals surface area contributed by atoms with Crippen LogP contribution in [0.1, 0.15) is 5.69 Å². The molecule has 0 saturated carbocycles. The predicted molar refractivity (Wildman–Crippen MR) is 57.9 cm³/mol. The van der Waals surface area contributed by atoms with Gasteiger partial charge in [0.2, 0.25) is 0 Å². The van der Waals surface area contributed by atoms with Gasteiger partial charge in [-0.2, -0.15) is 0 Å². The molecular formula is C11H10N2O2. The molecule has 0 aliphatic carbocycles. The van der Waals surface area contributed by atoms with Crippen LogP contribution in [0.15, 0.2) is 39.9 Å². The van der Waals surface area contributed by atoms with Gasteiger partial charge in [-0.3, -0.25) is 9.59 Å². The molecule has 2 rings (SSSR count). The number of nitrogens with one attached hydrogen (secondary N) is 2. The van der Waals surface area contributed by atoms with Gasteiger partial charge in [0.1, 0.15) is 0 Å². The molecule has 0 fully saturated rings. The second-order valence-electron chi connectivity index (χ2n) is 3.27. The van der Waals surface area contributed by atoms with Gasteiger partial charge >= 0.3 is 11.1 Å². The van der Waals surface area contributed by atoms with E-state index >= 15 is 0 Å². The van der Waals surface area contributed by atoms with Crippen LogP contribution in [0.25, 0.3) is 11.3 Å². The van der Waals surface area contributed by atoms with Crippen LogP contribution in [0.4, 0.5) is 0 Å². The summed E-state index contributed by atoms with van der Waals surface area (Å²) in [5, 5.41) is 0. The Balaban J connectivity index is 2.70. The minimum absolute atomic E-state index is 0.618. The quantitative estimate of drug-likeness (QED) is 0.678. The summed E-state index contributed by atoms with van der Waals surface area (Å²) in [5.74, 6) is 0. The van der Waals surface area contributed by atoms with Gasteiger partial charge in [-0.15, -0.1) is 0 Å². The number of hydrogen-bond acceptors (Lipinski definition) is 2. The molecule has 0 aliphatic heterocycles. The SMILES string of the molecule is Cc1[nH]c(=O)c(=O)[nH]c1-c1ccccc1. The van der Waals surface area contributed by atoms with E-state index in [9.17, 15) is 9.59 Å². The lowest BCUT2D eigenvalue weighted by Gasteiger charge is -2.03. The van der Waals surface area contributed by atoms with Crippen LogP contribution in [0.2, 0.25) is 0 Å². The molecule has 2 aromatic rings. The molecule has 0 spiro atoms. The van der Waals surface area contributed by atoms with Gasteiger partial charge in [-0.1, -0.05) is 30.3 Å². The van der Waals surface area contributed by atoms with E-state index in [-0.39, 0.29) is 0 Å². The van der Waals surface area contributed by atoms with Gasteiger partial charge in [0.15, 0.2) is 0 Å². The molecule has 1 heterocycles. The standard InChI is InChI=1S/C11H10N2O2/c1-7-9(8-5-3-2-4-6-8)13-11(15)10(14)12-7/h2-6H,1H3,(H,12,14)(H,13,15). The molecule has 15 heavy (non-hydrogen) atoms. The van der Waals surface area contributed by atoms with Crippen LogP contribution in [-0.4, -0.2) is 9.97 Å². The normalized spacial score (nSPS) is 10.2. The lowest BCUT2D eigenvalue weighted by Crippen LogP contribution is -2.30. The van der Waals surface area contributed by atoms with Crippen LogP contribution in [0.5, 0.6) is 0 Å². The predicted octanol–water partition coefficient (Wildman–Crippen LogP) is 1.04. The molecule has 0 atom stereocenters. The molecule has 76 valence electrons. The maximum absolute atomic E-state index is 11.2. The highest BCUT2D eigenvalue weighted by Gasteiger charge is 2.04. The monoisotopic (exact) mass is 202 g/mol. The summed E-state index contributed by atoms with van der Waals surface area (Å²) in [6.45, 7) is 1.75. The van der Waals surface area contributed by atoms with E-state index in [1.54, 1.807) is 6.92 Å². The second-order valence-corrected chi connectivity index (χ2v) is 3.27. The van der Waals surface area contributed by atoms with Crippen molar-refractivity contribution in [1.29, 1.82) is 0 Å². The molecule has 1 aromatic carbocycles. The smallest absolute Gasteiger partial charge is 0.314 e. The van der Waals surface area contributed by atoms with Crippen molar-refractivity contribution in [1.82, 2.24) is 9.97 Å². The van der Waals surface area contributed by atoms with Gasteiger partial charge in [-0.05, 0) is 12.5 Å². The van der Waals surface area contributed by atoms with Crippen LogP contribution < -0.4 is 11.1 Å². The van der Waals surface area contributed by atoms with E-state index in [0.717, 1.165) is 5.56 Å². The Morgan fingerprint density at radius 3 is 2.20 bits per heavy atom. The number of aromatic amines is 2. The number of H-pyrrole nitrogens is 2. The summed E-state index contributed by atoms with van der Waals surface area (Å²) in [5.41, 5.74) is 0.945. The fourth-order valence-corrected chi connectivity index (χ4v) is 1.45. The zero-order chi connectivity index (χ0) is 10.8. The van der Waals surface area contributed by atoms with Crippen molar-refractivity contribution in [2.24, 2.45) is 0 Å². The molecule has 0 unspecified atom stereocenters. The van der Waals surface area contributed by atoms with Crippen molar-refractivity contribution in [3.8, 4) is 11.3 Å². The van der Waals surface area contributed by atoms with Crippen LogP contribution >= 0.6 is 0 Å². The van der Waals surface area contributed by atoms with E-state index < -0.39 is 11.1 Å². The zero-order valence-corrected chi connectivity index (χ0v) is 8.20. The van der Waals surface area contributed by atoms with Crippen molar-refractivity contribution >= 4 is 0 Å². The third-order valence-corrected chi connectivity index (χ3v) is 2.18. The first-order chi connectivity index (χ1) is 7.18. The van der Waals surface area contributed by atoms with Crippen molar-refractivity contribution in [3.05, 3.63) is 56.7 Å². The highest BCUT2D eigenvalue weighted by molar-refractivity contribution is 5.60. The van der Waals surface area contributed by atoms with Crippen LogP contribution in [0.3, 0.4) is 0 Å². The number of benzene rings is 1. The van der Waals surface area contributed by atoms with E-state index in [2.05, 4.69) is 9.97 Å². The maximum atomic E-state index is 11.2. The summed E-state index contributed by atoms with van der Waals surface area (Å²) in [7, 11) is 0. The maximum Gasteiger partial charge on any atom is 0.314 e. The first-order valence-electron chi connectivity index (χ1n) is 4.57. The molecular weight excluding hydrogens is 192 g/mol. The van der Waals surface area contributed by atoms with Crippen LogP contribution in [0, 0.1) is 6.92 Å². The largest absolute Gasteiger partial charge is 0.320 e. The van der Waals surface area contributed by atoms with Crippen molar-refractivity contribution in [2.45, 2.75) is 6.92 Å². The lowest BCUT2D eigenvalue weighted by molar-refractivity contribution is 1.03. The van der Waals surface area contributed by atoms with Gasteiger partial charge in [0, 0.05) is 5.69 Å². The third-order valence-electron chi connectivity index (χ3n) is 2.18. The van der Waals surface area contributed by atoms with E-state index in [1.165, 1.54) is 0 Å². The fourth-order valence-electron chi connectivity index (χ4n) is 1.45. The van der Waals surface area contributed by atoms with Gasteiger partial charge < -0.3 is 9.97 Å². The molecule has 2 N–H and O–H groups in total. The van der Waals surface area contributed by atoms with Crippen molar-refractivity contribution in [2.75, 3.05) is 0 Å².